The number of nitriles is 2. The zero-order valence-corrected chi connectivity index (χ0v) is 19.1. The highest BCUT2D eigenvalue weighted by Gasteiger charge is 2.36. The molecule has 2 aliphatic rings. The van der Waals surface area contributed by atoms with E-state index in [0.29, 0.717) is 22.3 Å². The van der Waals surface area contributed by atoms with Gasteiger partial charge in [-0.05, 0) is 60.3 Å². The maximum Gasteiger partial charge on any atom is 0.416 e. The standard InChI is InChI=1S/C28H20F6N2/c1-18-13-22(10-12-26(18)28(32,33)34)24(17-36)15-20-7-5-19(6-8-20)14-23(16-35)21-3-2-4-25(11-9-21)27(29,30)31/h3-9,11-15,22H,2,10H2,1H3/b23-14+,24-15+. The zero-order chi connectivity index (χ0) is 26.5. The summed E-state index contributed by atoms with van der Waals surface area (Å²) in [4.78, 5) is 0. The minimum atomic E-state index is -4.47. The second kappa shape index (κ2) is 10.7. The normalized spacial score (nSPS) is 19.3. The van der Waals surface area contributed by atoms with E-state index in [1.54, 1.807) is 42.5 Å². The Morgan fingerprint density at radius 2 is 1.50 bits per heavy atom. The maximum absolute atomic E-state index is 13.0. The third-order valence-electron chi connectivity index (χ3n) is 5.73. The lowest BCUT2D eigenvalue weighted by Crippen LogP contribution is -2.17. The van der Waals surface area contributed by atoms with E-state index in [-0.39, 0.29) is 24.0 Å². The van der Waals surface area contributed by atoms with Crippen LogP contribution in [-0.2, 0) is 0 Å². The van der Waals surface area contributed by atoms with Crippen LogP contribution < -0.4 is 0 Å². The SMILES string of the molecule is CC1=CC(/C(C#N)=C/c2ccc(/C=C(\C#N)C3=CCC=C(C(F)(F)F)C=C3)cc2)CC=C1C(F)(F)F. The topological polar surface area (TPSA) is 47.6 Å². The Morgan fingerprint density at radius 1 is 0.861 bits per heavy atom. The summed E-state index contributed by atoms with van der Waals surface area (Å²) in [5, 5.41) is 19.1. The molecule has 0 spiro atoms. The Morgan fingerprint density at radius 3 is 2.03 bits per heavy atom. The first-order valence-corrected chi connectivity index (χ1v) is 10.9. The Hall–Kier alpha value is -4.04. The van der Waals surface area contributed by atoms with Gasteiger partial charge in [0.15, 0.2) is 0 Å². The molecule has 1 atom stereocenters. The van der Waals surface area contributed by atoms with Gasteiger partial charge in [-0.3, -0.25) is 0 Å². The molecule has 0 N–H and O–H groups in total. The first kappa shape index (κ1) is 26.6. The van der Waals surface area contributed by atoms with Gasteiger partial charge in [0, 0.05) is 11.5 Å². The summed E-state index contributed by atoms with van der Waals surface area (Å²) in [5.41, 5.74) is 0.752. The van der Waals surface area contributed by atoms with Gasteiger partial charge in [0.2, 0.25) is 0 Å². The average molecular weight is 498 g/mol. The molecule has 0 bridgehead atoms. The molecule has 2 nitrogen and oxygen atoms in total. The van der Waals surface area contributed by atoms with Crippen LogP contribution in [0, 0.1) is 28.6 Å². The molecule has 3 rings (SSSR count). The fourth-order valence-corrected chi connectivity index (χ4v) is 3.90. The van der Waals surface area contributed by atoms with Gasteiger partial charge in [0.1, 0.15) is 0 Å². The van der Waals surface area contributed by atoms with Crippen LogP contribution in [0.3, 0.4) is 0 Å². The van der Waals surface area contributed by atoms with Gasteiger partial charge in [-0.2, -0.15) is 36.9 Å². The molecule has 36 heavy (non-hydrogen) atoms. The first-order valence-electron chi connectivity index (χ1n) is 10.9. The van der Waals surface area contributed by atoms with E-state index >= 15 is 0 Å². The molecular formula is C28H20F6N2. The van der Waals surface area contributed by atoms with Crippen LogP contribution in [0.15, 0.2) is 94.2 Å². The van der Waals surface area contributed by atoms with Crippen LogP contribution in [0.2, 0.25) is 0 Å². The number of benzene rings is 1. The van der Waals surface area contributed by atoms with Crippen LogP contribution in [0.1, 0.15) is 30.9 Å². The zero-order valence-electron chi connectivity index (χ0n) is 19.1. The van der Waals surface area contributed by atoms with Crippen molar-refractivity contribution in [2.45, 2.75) is 32.1 Å². The summed E-state index contributed by atoms with van der Waals surface area (Å²) >= 11 is 0. The third kappa shape index (κ3) is 6.55. The Kier molecular flexibility index (Phi) is 7.90. The molecule has 0 heterocycles. The summed E-state index contributed by atoms with van der Waals surface area (Å²) in [7, 11) is 0. The highest BCUT2D eigenvalue weighted by atomic mass is 19.4. The Balaban J connectivity index is 1.79. The number of hydrogen-bond donors (Lipinski definition) is 0. The van der Waals surface area contributed by atoms with Crippen molar-refractivity contribution in [1.82, 2.24) is 0 Å². The number of hydrogen-bond acceptors (Lipinski definition) is 2. The predicted molar refractivity (Wildman–Crippen MR) is 126 cm³/mol. The van der Waals surface area contributed by atoms with E-state index in [0.717, 1.165) is 18.2 Å². The fraction of sp³-hybridized carbons (Fsp3) is 0.214. The number of halogens is 6. The van der Waals surface area contributed by atoms with Crippen LogP contribution in [0.25, 0.3) is 12.2 Å². The van der Waals surface area contributed by atoms with E-state index in [1.807, 2.05) is 6.07 Å². The lowest BCUT2D eigenvalue weighted by molar-refractivity contribution is -0.0902. The van der Waals surface area contributed by atoms with Gasteiger partial charge in [0.05, 0.1) is 28.9 Å². The Labute approximate surface area is 204 Å². The van der Waals surface area contributed by atoms with E-state index in [1.165, 1.54) is 19.1 Å². The first-order chi connectivity index (χ1) is 16.9. The number of alkyl halides is 6. The molecule has 1 aromatic carbocycles. The van der Waals surface area contributed by atoms with Crippen LogP contribution in [0.5, 0.6) is 0 Å². The molecular weight excluding hydrogens is 478 g/mol. The largest absolute Gasteiger partial charge is 0.416 e. The van der Waals surface area contributed by atoms with Crippen molar-refractivity contribution in [2.75, 3.05) is 0 Å². The van der Waals surface area contributed by atoms with Gasteiger partial charge in [0.25, 0.3) is 0 Å². The highest BCUT2D eigenvalue weighted by molar-refractivity contribution is 5.68. The van der Waals surface area contributed by atoms with Crippen LogP contribution in [-0.4, -0.2) is 12.4 Å². The van der Waals surface area contributed by atoms with Crippen molar-refractivity contribution >= 4 is 12.2 Å². The number of nitrogens with zero attached hydrogens (tertiary/aromatic N) is 2. The summed E-state index contributed by atoms with van der Waals surface area (Å²) < 4.78 is 77.9. The molecule has 1 aromatic rings. The van der Waals surface area contributed by atoms with Crippen molar-refractivity contribution in [1.29, 1.82) is 10.5 Å². The summed E-state index contributed by atoms with van der Waals surface area (Å²) in [5.74, 6) is -0.477. The molecule has 0 amide bonds. The van der Waals surface area contributed by atoms with Crippen molar-refractivity contribution in [3.05, 3.63) is 105 Å². The van der Waals surface area contributed by atoms with E-state index in [4.69, 9.17) is 0 Å². The second-order valence-electron chi connectivity index (χ2n) is 8.24. The molecule has 0 aromatic heterocycles. The summed E-state index contributed by atoms with van der Waals surface area (Å²) in [6.07, 6.45) is 1.67. The van der Waals surface area contributed by atoms with Gasteiger partial charge in [-0.25, -0.2) is 0 Å². The van der Waals surface area contributed by atoms with E-state index in [2.05, 4.69) is 6.07 Å². The number of allylic oxidation sites excluding steroid dienone is 12. The fourth-order valence-electron chi connectivity index (χ4n) is 3.90. The van der Waals surface area contributed by atoms with Crippen molar-refractivity contribution in [3.8, 4) is 12.1 Å². The van der Waals surface area contributed by atoms with Gasteiger partial charge >= 0.3 is 12.4 Å². The minimum Gasteiger partial charge on any atom is -0.193 e. The smallest absolute Gasteiger partial charge is 0.193 e. The molecule has 0 saturated heterocycles. The molecule has 0 fully saturated rings. The number of rotatable bonds is 4. The Bertz CT molecular complexity index is 1310. The van der Waals surface area contributed by atoms with Crippen LogP contribution in [0.4, 0.5) is 26.3 Å². The predicted octanol–water partition coefficient (Wildman–Crippen LogP) is 8.33. The van der Waals surface area contributed by atoms with E-state index in [9.17, 15) is 36.9 Å². The van der Waals surface area contributed by atoms with Crippen molar-refractivity contribution in [3.63, 3.8) is 0 Å². The quantitative estimate of drug-likeness (QED) is 0.310. The third-order valence-corrected chi connectivity index (χ3v) is 5.73. The molecule has 2 aliphatic carbocycles. The lowest BCUT2D eigenvalue weighted by Gasteiger charge is -2.21. The van der Waals surface area contributed by atoms with E-state index < -0.39 is 29.4 Å². The van der Waals surface area contributed by atoms with Crippen molar-refractivity contribution in [2.24, 2.45) is 5.92 Å². The highest BCUT2D eigenvalue weighted by Crippen LogP contribution is 2.37. The molecule has 8 heteroatoms. The average Bonchev–Trinajstić information content (AvgIpc) is 3.07. The minimum absolute atomic E-state index is 0.0333. The second-order valence-corrected chi connectivity index (χ2v) is 8.24. The maximum atomic E-state index is 13.0. The van der Waals surface area contributed by atoms with Crippen LogP contribution >= 0.6 is 0 Å². The molecule has 0 aliphatic heterocycles. The van der Waals surface area contributed by atoms with Gasteiger partial charge in [-0.1, -0.05) is 54.6 Å². The summed E-state index contributed by atoms with van der Waals surface area (Å²) in [6, 6.07) is 10.8. The van der Waals surface area contributed by atoms with Crippen molar-refractivity contribution < 1.29 is 26.3 Å². The molecule has 0 saturated carbocycles. The summed E-state index contributed by atoms with van der Waals surface area (Å²) in [6.45, 7) is 1.37. The molecule has 0 radical (unpaired) electrons. The molecule has 1 unspecified atom stereocenters. The van der Waals surface area contributed by atoms with Gasteiger partial charge in [-0.15, -0.1) is 0 Å². The lowest BCUT2D eigenvalue weighted by atomic mass is 9.85. The van der Waals surface area contributed by atoms with Gasteiger partial charge < -0.3 is 0 Å². The monoisotopic (exact) mass is 498 g/mol. The molecule has 184 valence electrons.